The SMILES string of the molecule is CCCNC(=O)NC(=O)COC(=O)C1CCN(C(=O)/C=C/c2ccccc2)CC1. The molecule has 156 valence electrons. The lowest BCUT2D eigenvalue weighted by molar-refractivity contribution is -0.154. The number of piperidine rings is 1. The zero-order valence-corrected chi connectivity index (χ0v) is 16.6. The molecule has 2 N–H and O–H groups in total. The molecular weight excluding hydrogens is 374 g/mol. The highest BCUT2D eigenvalue weighted by molar-refractivity contribution is 5.95. The summed E-state index contributed by atoms with van der Waals surface area (Å²) in [6.07, 6.45) is 4.99. The Labute approximate surface area is 170 Å². The Kier molecular flexibility index (Phi) is 8.88. The Morgan fingerprint density at radius 1 is 1.14 bits per heavy atom. The van der Waals surface area contributed by atoms with Crippen LogP contribution in [0.2, 0.25) is 0 Å². The normalized spacial score (nSPS) is 14.4. The van der Waals surface area contributed by atoms with Crippen molar-refractivity contribution in [3.05, 3.63) is 42.0 Å². The summed E-state index contributed by atoms with van der Waals surface area (Å²) in [6.45, 7) is 2.74. The highest BCUT2D eigenvalue weighted by atomic mass is 16.5. The van der Waals surface area contributed by atoms with Crippen molar-refractivity contribution < 1.29 is 23.9 Å². The van der Waals surface area contributed by atoms with Crippen LogP contribution in [-0.4, -0.2) is 55.0 Å². The van der Waals surface area contributed by atoms with Crippen LogP contribution in [0.5, 0.6) is 0 Å². The number of benzene rings is 1. The number of esters is 1. The molecule has 0 saturated carbocycles. The van der Waals surface area contributed by atoms with Crippen molar-refractivity contribution >= 4 is 29.9 Å². The second-order valence-corrected chi connectivity index (χ2v) is 6.76. The third-order valence-electron chi connectivity index (χ3n) is 4.49. The van der Waals surface area contributed by atoms with Crippen molar-refractivity contribution in [1.29, 1.82) is 0 Å². The summed E-state index contributed by atoms with van der Waals surface area (Å²) in [5, 5.41) is 4.59. The van der Waals surface area contributed by atoms with Gasteiger partial charge in [-0.3, -0.25) is 19.7 Å². The molecule has 0 spiro atoms. The molecule has 0 unspecified atom stereocenters. The average Bonchev–Trinajstić information content (AvgIpc) is 2.75. The maximum atomic E-state index is 12.3. The van der Waals surface area contributed by atoms with E-state index in [4.69, 9.17) is 4.74 Å². The molecule has 0 aromatic heterocycles. The zero-order valence-electron chi connectivity index (χ0n) is 16.6. The summed E-state index contributed by atoms with van der Waals surface area (Å²) in [4.78, 5) is 49.1. The van der Waals surface area contributed by atoms with Gasteiger partial charge in [0.05, 0.1) is 5.92 Å². The van der Waals surface area contributed by atoms with E-state index in [-0.39, 0.29) is 11.8 Å². The first-order valence-corrected chi connectivity index (χ1v) is 9.76. The van der Waals surface area contributed by atoms with Gasteiger partial charge in [-0.25, -0.2) is 4.79 Å². The van der Waals surface area contributed by atoms with Gasteiger partial charge in [0.25, 0.3) is 5.91 Å². The average molecular weight is 401 g/mol. The standard InChI is InChI=1S/C21H27N3O5/c1-2-12-22-21(28)23-18(25)15-29-20(27)17-10-13-24(14-11-17)19(26)9-8-16-6-4-3-5-7-16/h3-9,17H,2,10-15H2,1H3,(H2,22,23,25,28)/b9-8+. The molecule has 0 bridgehead atoms. The quantitative estimate of drug-likeness (QED) is 0.535. The van der Waals surface area contributed by atoms with Gasteiger partial charge < -0.3 is 15.0 Å². The highest BCUT2D eigenvalue weighted by Crippen LogP contribution is 2.19. The Bertz CT molecular complexity index is 740. The van der Waals surface area contributed by atoms with E-state index >= 15 is 0 Å². The van der Waals surface area contributed by atoms with Gasteiger partial charge in [-0.15, -0.1) is 0 Å². The molecule has 1 aromatic carbocycles. The molecule has 8 heteroatoms. The number of hydrogen-bond donors (Lipinski definition) is 2. The summed E-state index contributed by atoms with van der Waals surface area (Å²) < 4.78 is 5.00. The number of rotatable bonds is 7. The molecule has 0 aliphatic carbocycles. The largest absolute Gasteiger partial charge is 0.455 e. The monoisotopic (exact) mass is 401 g/mol. The lowest BCUT2D eigenvalue weighted by Gasteiger charge is -2.30. The van der Waals surface area contributed by atoms with Gasteiger partial charge in [0.1, 0.15) is 0 Å². The van der Waals surface area contributed by atoms with E-state index in [1.807, 2.05) is 37.3 Å². The highest BCUT2D eigenvalue weighted by Gasteiger charge is 2.28. The smallest absolute Gasteiger partial charge is 0.321 e. The molecule has 4 amide bonds. The van der Waals surface area contributed by atoms with E-state index in [0.29, 0.717) is 32.5 Å². The number of imide groups is 1. The first-order chi connectivity index (χ1) is 14.0. The van der Waals surface area contributed by atoms with Gasteiger partial charge in [0, 0.05) is 25.7 Å². The lowest BCUT2D eigenvalue weighted by atomic mass is 9.97. The minimum atomic E-state index is -0.675. The fourth-order valence-corrected chi connectivity index (χ4v) is 2.87. The number of urea groups is 1. The molecule has 1 aliphatic heterocycles. The number of hydrogen-bond acceptors (Lipinski definition) is 5. The van der Waals surface area contributed by atoms with Gasteiger partial charge in [0.15, 0.2) is 6.61 Å². The lowest BCUT2D eigenvalue weighted by Crippen LogP contribution is -2.43. The van der Waals surface area contributed by atoms with Crippen molar-refractivity contribution in [2.45, 2.75) is 26.2 Å². The van der Waals surface area contributed by atoms with E-state index in [1.165, 1.54) is 6.08 Å². The van der Waals surface area contributed by atoms with Gasteiger partial charge in [0.2, 0.25) is 5.91 Å². The Morgan fingerprint density at radius 3 is 2.48 bits per heavy atom. The number of ether oxygens (including phenoxy) is 1. The van der Waals surface area contributed by atoms with Crippen molar-refractivity contribution in [3.8, 4) is 0 Å². The van der Waals surface area contributed by atoms with Crippen molar-refractivity contribution in [2.24, 2.45) is 5.92 Å². The summed E-state index contributed by atoms with van der Waals surface area (Å²) in [5.74, 6) is -1.62. The van der Waals surface area contributed by atoms with Crippen LogP contribution in [0, 0.1) is 5.92 Å². The van der Waals surface area contributed by atoms with Crippen LogP contribution in [0.4, 0.5) is 4.79 Å². The third kappa shape index (κ3) is 7.77. The second kappa shape index (κ2) is 11.6. The molecule has 1 heterocycles. The number of carbonyl (C=O) groups is 4. The van der Waals surface area contributed by atoms with Crippen LogP contribution >= 0.6 is 0 Å². The number of carbonyl (C=O) groups excluding carboxylic acids is 4. The molecular formula is C21H27N3O5. The maximum Gasteiger partial charge on any atom is 0.321 e. The molecule has 2 rings (SSSR count). The Hall–Kier alpha value is -3.16. The maximum absolute atomic E-state index is 12.3. The summed E-state index contributed by atoms with van der Waals surface area (Å²) >= 11 is 0. The molecule has 8 nitrogen and oxygen atoms in total. The number of nitrogens with one attached hydrogen (secondary N) is 2. The second-order valence-electron chi connectivity index (χ2n) is 6.76. The Morgan fingerprint density at radius 2 is 1.83 bits per heavy atom. The van der Waals surface area contributed by atoms with Gasteiger partial charge in [-0.2, -0.15) is 0 Å². The molecule has 1 saturated heterocycles. The summed E-state index contributed by atoms with van der Waals surface area (Å²) in [5.41, 5.74) is 0.945. The third-order valence-corrected chi connectivity index (χ3v) is 4.49. The van der Waals surface area contributed by atoms with Crippen molar-refractivity contribution in [3.63, 3.8) is 0 Å². The van der Waals surface area contributed by atoms with E-state index in [9.17, 15) is 19.2 Å². The summed E-state index contributed by atoms with van der Waals surface area (Å²) in [6, 6.07) is 8.93. The topological polar surface area (TPSA) is 105 Å². The molecule has 1 aromatic rings. The minimum Gasteiger partial charge on any atom is -0.455 e. The molecule has 0 atom stereocenters. The predicted octanol–water partition coefficient (Wildman–Crippen LogP) is 1.72. The van der Waals surface area contributed by atoms with Gasteiger partial charge >= 0.3 is 12.0 Å². The number of nitrogens with zero attached hydrogens (tertiary/aromatic N) is 1. The van der Waals surface area contributed by atoms with E-state index in [0.717, 1.165) is 12.0 Å². The van der Waals surface area contributed by atoms with Gasteiger partial charge in [-0.05, 0) is 30.9 Å². The summed E-state index contributed by atoms with van der Waals surface area (Å²) in [7, 11) is 0. The van der Waals surface area contributed by atoms with Crippen molar-refractivity contribution in [2.75, 3.05) is 26.2 Å². The minimum absolute atomic E-state index is 0.0989. The first kappa shape index (κ1) is 22.1. The van der Waals surface area contributed by atoms with Crippen molar-refractivity contribution in [1.82, 2.24) is 15.5 Å². The fourth-order valence-electron chi connectivity index (χ4n) is 2.87. The van der Waals surface area contributed by atoms with Crippen LogP contribution in [0.15, 0.2) is 36.4 Å². The predicted molar refractivity (Wildman–Crippen MR) is 108 cm³/mol. The molecule has 1 aliphatic rings. The molecule has 1 fully saturated rings. The Balaban J connectivity index is 1.69. The van der Waals surface area contributed by atoms with E-state index in [2.05, 4.69) is 10.6 Å². The molecule has 29 heavy (non-hydrogen) atoms. The van der Waals surface area contributed by atoms with Crippen LogP contribution in [-0.2, 0) is 19.1 Å². The van der Waals surface area contributed by atoms with Crippen LogP contribution in [0.1, 0.15) is 31.7 Å². The van der Waals surface area contributed by atoms with E-state index in [1.54, 1.807) is 11.0 Å². The first-order valence-electron chi connectivity index (χ1n) is 9.76. The van der Waals surface area contributed by atoms with Gasteiger partial charge in [-0.1, -0.05) is 37.3 Å². The van der Waals surface area contributed by atoms with E-state index < -0.39 is 24.5 Å². The van der Waals surface area contributed by atoms with Crippen LogP contribution < -0.4 is 10.6 Å². The number of likely N-dealkylation sites (tertiary alicyclic amines) is 1. The van der Waals surface area contributed by atoms with Crippen LogP contribution in [0.3, 0.4) is 0 Å². The zero-order chi connectivity index (χ0) is 21.1. The fraction of sp³-hybridized carbons (Fsp3) is 0.429. The number of amides is 4. The molecule has 0 radical (unpaired) electrons. The van der Waals surface area contributed by atoms with Crippen LogP contribution in [0.25, 0.3) is 6.08 Å².